The van der Waals surface area contributed by atoms with E-state index in [2.05, 4.69) is 231 Å². The maximum Gasteiger partial charge on any atom is 0.0540 e. The zero-order valence-electron chi connectivity index (χ0n) is 31.7. The van der Waals surface area contributed by atoms with Gasteiger partial charge in [-0.05, 0) is 96.9 Å². The monoisotopic (exact) mass is 715 g/mol. The second kappa shape index (κ2) is 13.7. The summed E-state index contributed by atoms with van der Waals surface area (Å²) in [6, 6.07) is 77.6. The van der Waals surface area contributed by atoms with E-state index in [1.165, 1.54) is 77.5 Å². The van der Waals surface area contributed by atoms with Crippen LogP contribution in [-0.2, 0) is 5.41 Å². The van der Waals surface area contributed by atoms with Crippen LogP contribution >= 0.6 is 0 Å². The van der Waals surface area contributed by atoms with Gasteiger partial charge in [-0.2, -0.15) is 0 Å². The van der Waals surface area contributed by atoms with E-state index in [1.54, 1.807) is 0 Å². The molecule has 266 valence electrons. The largest absolute Gasteiger partial charge is 0.309 e. The third-order valence-corrected chi connectivity index (χ3v) is 11.7. The van der Waals surface area contributed by atoms with Gasteiger partial charge in [0.25, 0.3) is 0 Å². The van der Waals surface area contributed by atoms with Crippen molar-refractivity contribution in [3.63, 3.8) is 0 Å². The molecule has 1 aliphatic rings. The van der Waals surface area contributed by atoms with Gasteiger partial charge in [0, 0.05) is 22.1 Å². The van der Waals surface area contributed by atoms with Crippen molar-refractivity contribution in [2.24, 2.45) is 0 Å². The Morgan fingerprint density at radius 1 is 0.321 bits per heavy atom. The van der Waals surface area contributed by atoms with Crippen molar-refractivity contribution in [2.45, 2.75) is 19.3 Å². The normalized spacial score (nSPS) is 12.6. The molecular formula is C55H41N. The van der Waals surface area contributed by atoms with E-state index in [0.717, 1.165) is 17.1 Å². The molecule has 10 rings (SSSR count). The topological polar surface area (TPSA) is 3.24 Å². The van der Waals surface area contributed by atoms with E-state index in [-0.39, 0.29) is 5.41 Å². The molecule has 0 N–H and O–H groups in total. The van der Waals surface area contributed by atoms with Crippen LogP contribution in [0, 0.1) is 0 Å². The molecular weight excluding hydrogens is 675 g/mol. The molecule has 0 aliphatic heterocycles. The lowest BCUT2D eigenvalue weighted by Gasteiger charge is -2.30. The predicted octanol–water partition coefficient (Wildman–Crippen LogP) is 15.3. The summed E-state index contributed by atoms with van der Waals surface area (Å²) in [5, 5.41) is 2.44. The fraction of sp³-hybridized carbons (Fsp3) is 0.0545. The number of fused-ring (bicyclic) bond motifs is 4. The molecule has 0 bridgehead atoms. The minimum atomic E-state index is -0.197. The van der Waals surface area contributed by atoms with Crippen molar-refractivity contribution in [3.05, 3.63) is 223 Å². The van der Waals surface area contributed by atoms with Gasteiger partial charge in [-0.25, -0.2) is 0 Å². The highest BCUT2D eigenvalue weighted by Crippen LogP contribution is 2.52. The second-order valence-electron chi connectivity index (χ2n) is 15.4. The molecule has 1 nitrogen and oxygen atoms in total. The van der Waals surface area contributed by atoms with Gasteiger partial charge < -0.3 is 4.90 Å². The van der Waals surface area contributed by atoms with Crippen LogP contribution in [0.4, 0.5) is 17.1 Å². The van der Waals surface area contributed by atoms with E-state index in [9.17, 15) is 0 Å². The fourth-order valence-electron chi connectivity index (χ4n) is 8.73. The first-order valence-corrected chi connectivity index (χ1v) is 19.5. The molecule has 0 saturated heterocycles. The number of hydrogen-bond donors (Lipinski definition) is 0. The van der Waals surface area contributed by atoms with Crippen molar-refractivity contribution < 1.29 is 0 Å². The number of para-hydroxylation sites is 1. The maximum atomic E-state index is 2.47. The summed E-state index contributed by atoms with van der Waals surface area (Å²) in [5.41, 5.74) is 18.3. The molecule has 0 heterocycles. The Morgan fingerprint density at radius 3 is 1.46 bits per heavy atom. The molecule has 9 aromatic rings. The van der Waals surface area contributed by atoms with Crippen LogP contribution in [0.15, 0.2) is 212 Å². The number of hydrogen-bond acceptors (Lipinski definition) is 1. The van der Waals surface area contributed by atoms with Gasteiger partial charge in [0.1, 0.15) is 0 Å². The van der Waals surface area contributed by atoms with Crippen molar-refractivity contribution >= 4 is 27.8 Å². The summed E-state index contributed by atoms with van der Waals surface area (Å²) in [4.78, 5) is 2.47. The number of nitrogens with zero attached hydrogens (tertiary/aromatic N) is 1. The molecule has 0 saturated carbocycles. The minimum Gasteiger partial charge on any atom is -0.309 e. The van der Waals surface area contributed by atoms with Gasteiger partial charge >= 0.3 is 0 Å². The number of rotatable bonds is 7. The summed E-state index contributed by atoms with van der Waals surface area (Å²) in [6.07, 6.45) is 0. The smallest absolute Gasteiger partial charge is 0.0540 e. The van der Waals surface area contributed by atoms with Gasteiger partial charge in [0.15, 0.2) is 0 Å². The highest BCUT2D eigenvalue weighted by Gasteiger charge is 2.36. The van der Waals surface area contributed by atoms with E-state index < -0.39 is 0 Å². The molecule has 1 aliphatic carbocycles. The van der Waals surface area contributed by atoms with E-state index >= 15 is 0 Å². The van der Waals surface area contributed by atoms with Gasteiger partial charge in [-0.15, -0.1) is 0 Å². The van der Waals surface area contributed by atoms with Crippen LogP contribution in [0.5, 0.6) is 0 Å². The second-order valence-corrected chi connectivity index (χ2v) is 15.4. The molecule has 9 aromatic carbocycles. The molecule has 0 atom stereocenters. The summed E-state index contributed by atoms with van der Waals surface area (Å²) >= 11 is 0. The zero-order valence-corrected chi connectivity index (χ0v) is 31.7. The first-order chi connectivity index (χ1) is 27.5. The Kier molecular flexibility index (Phi) is 8.23. The molecule has 0 spiro atoms. The molecule has 0 fully saturated rings. The maximum absolute atomic E-state index is 2.47. The van der Waals surface area contributed by atoms with E-state index in [4.69, 9.17) is 0 Å². The van der Waals surface area contributed by atoms with Gasteiger partial charge in [0.2, 0.25) is 0 Å². The molecule has 0 aromatic heterocycles. The molecule has 0 amide bonds. The predicted molar refractivity (Wildman–Crippen MR) is 238 cm³/mol. The third kappa shape index (κ3) is 5.81. The van der Waals surface area contributed by atoms with Crippen molar-refractivity contribution in [2.75, 3.05) is 4.90 Å². The molecule has 0 unspecified atom stereocenters. The molecule has 1 heteroatoms. The summed E-state index contributed by atoms with van der Waals surface area (Å²) in [6.45, 7) is 4.77. The van der Waals surface area contributed by atoms with Crippen molar-refractivity contribution in [3.8, 4) is 55.6 Å². The van der Waals surface area contributed by atoms with Crippen LogP contribution in [-0.4, -0.2) is 0 Å². The fourth-order valence-corrected chi connectivity index (χ4v) is 8.73. The number of anilines is 3. The minimum absolute atomic E-state index is 0.197. The van der Waals surface area contributed by atoms with E-state index in [0.29, 0.717) is 0 Å². The lowest BCUT2D eigenvalue weighted by atomic mass is 9.81. The first kappa shape index (κ1) is 33.6. The molecule has 0 radical (unpaired) electrons. The van der Waals surface area contributed by atoms with Crippen LogP contribution in [0.3, 0.4) is 0 Å². The third-order valence-electron chi connectivity index (χ3n) is 11.7. The standard InChI is InChI=1S/C55H41N/c1-55(2)51-36-45(42-26-24-40(25-27-42)38-14-5-3-6-15-38)32-34-49(51)50-35-33-46(37-52(50)55)56(54-23-13-19-43-18-9-10-20-47(43)54)53-22-12-11-21-48(53)44-30-28-41(29-31-44)39-16-7-4-8-17-39/h3-37H,1-2H3. The Morgan fingerprint density at radius 2 is 0.786 bits per heavy atom. The lowest BCUT2D eigenvalue weighted by molar-refractivity contribution is 0.660. The summed E-state index contributed by atoms with van der Waals surface area (Å²) in [7, 11) is 0. The van der Waals surface area contributed by atoms with Crippen molar-refractivity contribution in [1.29, 1.82) is 0 Å². The van der Waals surface area contributed by atoms with Crippen LogP contribution in [0.1, 0.15) is 25.0 Å². The lowest BCUT2D eigenvalue weighted by Crippen LogP contribution is -2.17. The summed E-state index contributed by atoms with van der Waals surface area (Å²) in [5.74, 6) is 0. The average Bonchev–Trinajstić information content (AvgIpc) is 3.49. The van der Waals surface area contributed by atoms with E-state index in [1.807, 2.05) is 0 Å². The Balaban J connectivity index is 1.08. The molecule has 56 heavy (non-hydrogen) atoms. The van der Waals surface area contributed by atoms with Gasteiger partial charge in [0.05, 0.1) is 11.4 Å². The first-order valence-electron chi connectivity index (χ1n) is 19.5. The Labute approximate surface area is 329 Å². The highest BCUT2D eigenvalue weighted by molar-refractivity contribution is 6.01. The Hall–Kier alpha value is -6.96. The van der Waals surface area contributed by atoms with Crippen LogP contribution < -0.4 is 4.90 Å². The SMILES string of the molecule is CC1(C)c2cc(-c3ccc(-c4ccccc4)cc3)ccc2-c2ccc(N(c3ccccc3-c3ccc(-c4ccccc4)cc3)c3cccc4ccccc34)cc21. The average molecular weight is 716 g/mol. The number of benzene rings is 9. The quantitative estimate of drug-likeness (QED) is 0.159. The Bertz CT molecular complexity index is 2840. The summed E-state index contributed by atoms with van der Waals surface area (Å²) < 4.78 is 0. The van der Waals surface area contributed by atoms with Gasteiger partial charge in [-0.3, -0.25) is 0 Å². The van der Waals surface area contributed by atoms with Gasteiger partial charge in [-0.1, -0.05) is 196 Å². The van der Waals surface area contributed by atoms with Crippen molar-refractivity contribution in [1.82, 2.24) is 0 Å². The zero-order chi connectivity index (χ0) is 37.6. The van der Waals surface area contributed by atoms with Crippen LogP contribution in [0.25, 0.3) is 66.4 Å². The highest BCUT2D eigenvalue weighted by atomic mass is 15.1. The van der Waals surface area contributed by atoms with Crippen LogP contribution in [0.2, 0.25) is 0 Å².